The molecule has 0 rings (SSSR count). The summed E-state index contributed by atoms with van der Waals surface area (Å²) in [7, 11) is 1.56. The molecule has 0 spiro atoms. The molecule has 0 bridgehead atoms. The molecular formula is C53H108N2O25. The molecule has 0 aromatic heterocycles. The molecular weight excluding hydrogens is 1060 g/mol. The van der Waals surface area contributed by atoms with Crippen LogP contribution < -0.4 is 11.1 Å². The molecule has 1 amide bonds. The molecule has 0 saturated carbocycles. The van der Waals surface area contributed by atoms with Crippen LogP contribution in [0.2, 0.25) is 0 Å². The molecule has 80 heavy (non-hydrogen) atoms. The van der Waals surface area contributed by atoms with Gasteiger partial charge in [-0.25, -0.2) is 4.79 Å². The predicted molar refractivity (Wildman–Crippen MR) is 292 cm³/mol. The first kappa shape index (κ1) is 78.3. The van der Waals surface area contributed by atoms with E-state index >= 15 is 0 Å². The van der Waals surface area contributed by atoms with Crippen molar-refractivity contribution in [2.75, 3.05) is 311 Å². The Bertz CT molecular complexity index is 1180. The highest BCUT2D eigenvalue weighted by Gasteiger charge is 2.17. The second-order valence-corrected chi connectivity index (χ2v) is 17.5. The first-order valence-corrected chi connectivity index (χ1v) is 28.3. The number of methoxy groups -OCH3 is 1. The summed E-state index contributed by atoms with van der Waals surface area (Å²) in [6.07, 6.45) is -0.780. The van der Waals surface area contributed by atoms with Gasteiger partial charge < -0.3 is 125 Å². The van der Waals surface area contributed by atoms with E-state index in [0.717, 1.165) is 0 Å². The monoisotopic (exact) mass is 1170 g/mol. The fourth-order valence-electron chi connectivity index (χ4n) is 5.64. The van der Waals surface area contributed by atoms with Gasteiger partial charge in [0, 0.05) is 20.2 Å². The normalized spacial score (nSPS) is 12.3. The van der Waals surface area contributed by atoms with Crippen molar-refractivity contribution in [1.29, 1.82) is 0 Å². The zero-order valence-electron chi connectivity index (χ0n) is 49.4. The Morgan fingerprint density at radius 1 is 0.300 bits per heavy atom. The first-order valence-electron chi connectivity index (χ1n) is 28.3. The van der Waals surface area contributed by atoms with Gasteiger partial charge in [-0.3, -0.25) is 0 Å². The van der Waals surface area contributed by atoms with Crippen molar-refractivity contribution >= 4 is 6.09 Å². The van der Waals surface area contributed by atoms with E-state index in [4.69, 9.17) is 119 Å². The van der Waals surface area contributed by atoms with Crippen molar-refractivity contribution in [3.05, 3.63) is 0 Å². The van der Waals surface area contributed by atoms with Crippen molar-refractivity contribution in [3.63, 3.8) is 0 Å². The zero-order chi connectivity index (χ0) is 57.9. The molecule has 27 nitrogen and oxygen atoms in total. The van der Waals surface area contributed by atoms with Gasteiger partial charge >= 0.3 is 6.09 Å². The maximum Gasteiger partial charge on any atom is 0.407 e. The number of ether oxygens (including phenoxy) is 24. The van der Waals surface area contributed by atoms with Crippen LogP contribution in [0.25, 0.3) is 0 Å². The molecule has 0 aliphatic heterocycles. The van der Waals surface area contributed by atoms with Gasteiger partial charge in [-0.2, -0.15) is 0 Å². The molecule has 0 saturated heterocycles. The number of amides is 1. The van der Waals surface area contributed by atoms with Crippen molar-refractivity contribution in [2.45, 2.75) is 32.5 Å². The number of carbonyl (C=O) groups is 1. The SMILES string of the molecule is COC(CNC(=O)OC(C)(C)C)COCCOCCOCCOCCOCCOCCOCCOCCOCCOCCOCCOCCOCCOCCOCCOCCOCCOCCOCCOCCOCCOCCN. The highest BCUT2D eigenvalue weighted by atomic mass is 16.6. The lowest BCUT2D eigenvalue weighted by molar-refractivity contribution is -0.0331. The zero-order valence-corrected chi connectivity index (χ0v) is 49.4. The van der Waals surface area contributed by atoms with Crippen LogP contribution in [0.15, 0.2) is 0 Å². The topological polar surface area (TPSA) is 277 Å². The summed E-state index contributed by atoms with van der Waals surface area (Å²) >= 11 is 0. The Labute approximate surface area is 477 Å². The smallest absolute Gasteiger partial charge is 0.407 e. The van der Waals surface area contributed by atoms with E-state index in [2.05, 4.69) is 5.32 Å². The molecule has 0 fully saturated rings. The molecule has 27 heteroatoms. The summed E-state index contributed by atoms with van der Waals surface area (Å²) < 4.78 is 131. The van der Waals surface area contributed by atoms with Crippen LogP contribution >= 0.6 is 0 Å². The van der Waals surface area contributed by atoms with Gasteiger partial charge in [0.15, 0.2) is 0 Å². The minimum absolute atomic E-state index is 0.285. The van der Waals surface area contributed by atoms with Gasteiger partial charge in [0.05, 0.1) is 297 Å². The number of carbonyl (C=O) groups excluding carboxylic acids is 1. The van der Waals surface area contributed by atoms with Crippen LogP contribution in [0.5, 0.6) is 0 Å². The lowest BCUT2D eigenvalue weighted by atomic mass is 10.2. The lowest BCUT2D eigenvalue weighted by Crippen LogP contribution is -2.39. The quantitative estimate of drug-likeness (QED) is 0.0799. The Balaban J connectivity index is 3.14. The standard InChI is InChI=1S/C53H108N2O25/c1-53(2,3)80-52(56)55-49-51(57-4)50-79-48-47-78-46-45-77-44-43-76-42-41-75-40-39-74-38-37-73-36-35-72-34-33-71-32-31-70-30-29-69-28-27-68-26-25-67-24-23-66-22-21-65-20-19-64-18-17-63-16-15-62-14-13-61-12-11-60-10-9-59-8-7-58-6-5-54/h51H,5-50,54H2,1-4H3,(H,55,56). The van der Waals surface area contributed by atoms with Gasteiger partial charge in [0.25, 0.3) is 0 Å². The van der Waals surface area contributed by atoms with Gasteiger partial charge in [-0.15, -0.1) is 0 Å². The second kappa shape index (κ2) is 68.1. The van der Waals surface area contributed by atoms with Gasteiger partial charge in [-0.1, -0.05) is 0 Å². The van der Waals surface area contributed by atoms with E-state index in [1.165, 1.54) is 0 Å². The number of nitrogens with two attached hydrogens (primary N) is 1. The first-order chi connectivity index (χ1) is 39.4. The number of rotatable bonds is 70. The number of hydrogen-bond donors (Lipinski definition) is 2. The Morgan fingerprint density at radius 3 is 0.613 bits per heavy atom. The van der Waals surface area contributed by atoms with Crippen LogP contribution in [0.4, 0.5) is 4.79 Å². The van der Waals surface area contributed by atoms with Crippen LogP contribution in [-0.2, 0) is 114 Å². The number of nitrogens with one attached hydrogen (secondary N) is 1. The summed E-state index contributed by atoms with van der Waals surface area (Å²) in [5.74, 6) is 0. The average Bonchev–Trinajstić information content (AvgIpc) is 3.44. The fraction of sp³-hybridized carbons (Fsp3) is 0.981. The average molecular weight is 1170 g/mol. The molecule has 3 N–H and O–H groups in total. The van der Waals surface area contributed by atoms with E-state index in [9.17, 15) is 4.79 Å². The van der Waals surface area contributed by atoms with E-state index in [0.29, 0.717) is 297 Å². The summed E-state index contributed by atoms with van der Waals surface area (Å²) in [5.41, 5.74) is 4.79. The molecule has 1 atom stereocenters. The summed E-state index contributed by atoms with van der Waals surface area (Å²) in [6.45, 7) is 27.4. The van der Waals surface area contributed by atoms with Gasteiger partial charge in [0.1, 0.15) is 5.60 Å². The van der Waals surface area contributed by atoms with E-state index < -0.39 is 11.7 Å². The van der Waals surface area contributed by atoms with Crippen molar-refractivity contribution in [3.8, 4) is 0 Å². The van der Waals surface area contributed by atoms with E-state index in [-0.39, 0.29) is 12.6 Å². The minimum atomic E-state index is -0.556. The third kappa shape index (κ3) is 70.6. The Hall–Kier alpha value is -1.69. The third-order valence-corrected chi connectivity index (χ3v) is 9.58. The Kier molecular flexibility index (Phi) is 66.7. The second-order valence-electron chi connectivity index (χ2n) is 17.5. The molecule has 1 unspecified atom stereocenters. The van der Waals surface area contributed by atoms with Crippen LogP contribution in [-0.4, -0.2) is 329 Å². The highest BCUT2D eigenvalue weighted by Crippen LogP contribution is 2.06. The van der Waals surface area contributed by atoms with Crippen molar-refractivity contribution in [1.82, 2.24) is 5.32 Å². The molecule has 0 aliphatic rings. The van der Waals surface area contributed by atoms with Gasteiger partial charge in [-0.05, 0) is 20.8 Å². The fourth-order valence-corrected chi connectivity index (χ4v) is 5.64. The largest absolute Gasteiger partial charge is 0.444 e. The van der Waals surface area contributed by atoms with Crippen molar-refractivity contribution < 1.29 is 118 Å². The minimum Gasteiger partial charge on any atom is -0.444 e. The highest BCUT2D eigenvalue weighted by molar-refractivity contribution is 5.67. The predicted octanol–water partition coefficient (Wildman–Crippen LogP) is 0.850. The molecule has 0 aromatic carbocycles. The molecule has 0 radical (unpaired) electrons. The van der Waals surface area contributed by atoms with Crippen LogP contribution in [0, 0.1) is 0 Å². The lowest BCUT2D eigenvalue weighted by Gasteiger charge is -2.21. The molecule has 480 valence electrons. The van der Waals surface area contributed by atoms with E-state index in [1.54, 1.807) is 27.9 Å². The van der Waals surface area contributed by atoms with Crippen molar-refractivity contribution in [2.24, 2.45) is 5.73 Å². The summed E-state index contributed by atoms with van der Waals surface area (Å²) in [6, 6.07) is 0. The van der Waals surface area contributed by atoms with Crippen LogP contribution in [0.1, 0.15) is 20.8 Å². The maximum absolute atomic E-state index is 11.8. The van der Waals surface area contributed by atoms with E-state index in [1.807, 2.05) is 0 Å². The molecule has 0 heterocycles. The maximum atomic E-state index is 11.8. The molecule has 0 aliphatic carbocycles. The number of alkyl carbamates (subject to hydrolysis) is 1. The van der Waals surface area contributed by atoms with Gasteiger partial charge in [0.2, 0.25) is 0 Å². The summed E-state index contributed by atoms with van der Waals surface area (Å²) in [4.78, 5) is 11.8. The van der Waals surface area contributed by atoms with Crippen LogP contribution in [0.3, 0.4) is 0 Å². The number of hydrogen-bond acceptors (Lipinski definition) is 26. The Morgan fingerprint density at radius 2 is 0.463 bits per heavy atom. The third-order valence-electron chi connectivity index (χ3n) is 9.58. The summed E-state index contributed by atoms with van der Waals surface area (Å²) in [5, 5.41) is 2.67. The molecule has 0 aromatic rings.